The molecule has 0 unspecified atom stereocenters. The molecule has 1 amide bonds. The summed E-state index contributed by atoms with van der Waals surface area (Å²) in [5.41, 5.74) is 1.13. The van der Waals surface area contributed by atoms with Crippen molar-refractivity contribution in [3.05, 3.63) is 74.1 Å². The highest BCUT2D eigenvalue weighted by molar-refractivity contribution is 6.42. The molecular formula is C23H22Cl2N4O4. The zero-order chi connectivity index (χ0) is 23.5. The first-order chi connectivity index (χ1) is 15.8. The number of ether oxygens (including phenoxy) is 1. The van der Waals surface area contributed by atoms with Gasteiger partial charge in [0.05, 0.1) is 23.3 Å². The molecule has 0 spiro atoms. The highest BCUT2D eigenvalue weighted by Gasteiger charge is 2.24. The number of hydrogen-bond donors (Lipinski definition) is 2. The highest BCUT2D eigenvalue weighted by Crippen LogP contribution is 2.30. The maximum absolute atomic E-state index is 13.1. The minimum atomic E-state index is -0.789. The number of halogens is 2. The number of benzene rings is 2. The molecule has 0 aliphatic carbocycles. The second kappa shape index (κ2) is 9.82. The number of nitrogens with zero attached hydrogens (tertiary/aromatic N) is 3. The molecule has 1 aliphatic rings. The van der Waals surface area contributed by atoms with Crippen LogP contribution in [0.4, 0.5) is 5.69 Å². The molecule has 0 saturated carbocycles. The van der Waals surface area contributed by atoms with E-state index in [2.05, 4.69) is 14.9 Å². The molecule has 1 fully saturated rings. The summed E-state index contributed by atoms with van der Waals surface area (Å²) in [6.07, 6.45) is 0. The van der Waals surface area contributed by atoms with Crippen LogP contribution in [0.5, 0.6) is 5.75 Å². The number of para-hydroxylation sites is 1. The normalized spacial score (nSPS) is 13.7. The topological polar surface area (TPSA) is 98.8 Å². The summed E-state index contributed by atoms with van der Waals surface area (Å²) in [6.45, 7) is 2.76. The number of amides is 1. The van der Waals surface area contributed by atoms with E-state index >= 15 is 0 Å². The number of morpholine rings is 1. The van der Waals surface area contributed by atoms with Gasteiger partial charge in [-0.1, -0.05) is 41.4 Å². The molecule has 2 heterocycles. The van der Waals surface area contributed by atoms with Crippen LogP contribution < -0.4 is 10.5 Å². The summed E-state index contributed by atoms with van der Waals surface area (Å²) in [7, 11) is 1.55. The lowest BCUT2D eigenvalue weighted by Crippen LogP contribution is -2.36. The van der Waals surface area contributed by atoms with Crippen molar-refractivity contribution in [3.8, 4) is 17.1 Å². The summed E-state index contributed by atoms with van der Waals surface area (Å²) in [4.78, 5) is 36.0. The number of nitrogens with one attached hydrogen (secondary N) is 1. The summed E-state index contributed by atoms with van der Waals surface area (Å²) in [5, 5.41) is 11.1. The maximum atomic E-state index is 13.1. The predicted octanol–water partition coefficient (Wildman–Crippen LogP) is 3.56. The van der Waals surface area contributed by atoms with E-state index < -0.39 is 17.2 Å². The number of rotatable bonds is 5. The Kier molecular flexibility index (Phi) is 6.88. The van der Waals surface area contributed by atoms with Gasteiger partial charge >= 0.3 is 0 Å². The number of aromatic amines is 1. The molecular weight excluding hydrogens is 467 g/mol. The maximum Gasteiger partial charge on any atom is 0.294 e. The van der Waals surface area contributed by atoms with Crippen LogP contribution in [-0.4, -0.2) is 59.2 Å². The molecule has 1 aromatic heterocycles. The van der Waals surface area contributed by atoms with Crippen molar-refractivity contribution in [3.63, 3.8) is 0 Å². The van der Waals surface area contributed by atoms with Crippen molar-refractivity contribution < 1.29 is 14.6 Å². The number of carbonyl (C=O) groups is 1. The zero-order valence-electron chi connectivity index (χ0n) is 17.8. The molecule has 33 heavy (non-hydrogen) atoms. The molecule has 4 rings (SSSR count). The van der Waals surface area contributed by atoms with Crippen molar-refractivity contribution in [2.45, 2.75) is 6.54 Å². The molecule has 0 bridgehead atoms. The second-order valence-electron chi connectivity index (χ2n) is 7.64. The third kappa shape index (κ3) is 4.98. The van der Waals surface area contributed by atoms with Crippen molar-refractivity contribution in [1.82, 2.24) is 14.9 Å². The van der Waals surface area contributed by atoms with Gasteiger partial charge in [-0.15, -0.1) is 0 Å². The van der Waals surface area contributed by atoms with Crippen molar-refractivity contribution in [2.24, 2.45) is 0 Å². The first-order valence-electron chi connectivity index (χ1n) is 10.3. The summed E-state index contributed by atoms with van der Waals surface area (Å²) < 4.78 is 5.43. The fraction of sp³-hybridized carbons (Fsp3) is 0.261. The van der Waals surface area contributed by atoms with Gasteiger partial charge < -0.3 is 24.6 Å². The highest BCUT2D eigenvalue weighted by atomic mass is 35.5. The molecule has 2 aromatic carbocycles. The third-order valence-corrected chi connectivity index (χ3v) is 6.10. The number of anilines is 1. The van der Waals surface area contributed by atoms with E-state index in [4.69, 9.17) is 27.9 Å². The van der Waals surface area contributed by atoms with Gasteiger partial charge in [0.2, 0.25) is 5.75 Å². The Morgan fingerprint density at radius 1 is 1.18 bits per heavy atom. The van der Waals surface area contributed by atoms with Crippen molar-refractivity contribution in [2.75, 3.05) is 38.3 Å². The van der Waals surface area contributed by atoms with E-state index in [9.17, 15) is 14.7 Å². The minimum Gasteiger partial charge on any atom is -0.501 e. The summed E-state index contributed by atoms with van der Waals surface area (Å²) >= 11 is 12.0. The molecule has 0 atom stereocenters. The molecule has 0 radical (unpaired) electrons. The number of aromatic hydroxyl groups is 1. The molecule has 1 saturated heterocycles. The van der Waals surface area contributed by atoms with E-state index in [1.807, 2.05) is 24.3 Å². The lowest BCUT2D eigenvalue weighted by Gasteiger charge is -2.30. The van der Waals surface area contributed by atoms with Crippen LogP contribution in [0.2, 0.25) is 10.0 Å². The van der Waals surface area contributed by atoms with Crippen LogP contribution in [0.15, 0.2) is 47.3 Å². The summed E-state index contributed by atoms with van der Waals surface area (Å²) in [5.74, 6) is -1.13. The van der Waals surface area contributed by atoms with Crippen molar-refractivity contribution in [1.29, 1.82) is 0 Å². The van der Waals surface area contributed by atoms with E-state index in [1.54, 1.807) is 25.2 Å². The Morgan fingerprint density at radius 2 is 1.91 bits per heavy atom. The van der Waals surface area contributed by atoms with Crippen LogP contribution in [0.25, 0.3) is 11.4 Å². The Labute approximate surface area is 200 Å². The average molecular weight is 489 g/mol. The van der Waals surface area contributed by atoms with E-state index in [-0.39, 0.29) is 18.1 Å². The SMILES string of the molecule is CN(Cc1ccc(Cl)c(Cl)c1)C(=O)c1nc(-c2ccccc2N2CCOCC2)[nH]c(=O)c1O. The van der Waals surface area contributed by atoms with Gasteiger partial charge in [-0.2, -0.15) is 0 Å². The first kappa shape index (κ1) is 23.1. The van der Waals surface area contributed by atoms with Gasteiger partial charge in [0.25, 0.3) is 11.5 Å². The molecule has 3 aromatic rings. The van der Waals surface area contributed by atoms with Gasteiger partial charge in [0.15, 0.2) is 5.69 Å². The lowest BCUT2D eigenvalue weighted by atomic mass is 10.1. The number of aromatic nitrogens is 2. The molecule has 10 heteroatoms. The molecule has 172 valence electrons. The zero-order valence-corrected chi connectivity index (χ0v) is 19.4. The van der Waals surface area contributed by atoms with Gasteiger partial charge in [0.1, 0.15) is 5.82 Å². The fourth-order valence-corrected chi connectivity index (χ4v) is 3.98. The van der Waals surface area contributed by atoms with Crippen LogP contribution in [0.1, 0.15) is 16.1 Å². The fourth-order valence-electron chi connectivity index (χ4n) is 3.66. The van der Waals surface area contributed by atoms with Crippen LogP contribution in [-0.2, 0) is 11.3 Å². The molecule has 8 nitrogen and oxygen atoms in total. The van der Waals surface area contributed by atoms with Gasteiger partial charge in [0, 0.05) is 37.9 Å². The molecule has 2 N–H and O–H groups in total. The predicted molar refractivity (Wildman–Crippen MR) is 127 cm³/mol. The number of H-pyrrole nitrogens is 1. The van der Waals surface area contributed by atoms with E-state index in [0.717, 1.165) is 11.3 Å². The summed E-state index contributed by atoms with van der Waals surface area (Å²) in [6, 6.07) is 12.5. The van der Waals surface area contributed by atoms with Crippen LogP contribution >= 0.6 is 23.2 Å². The first-order valence-corrected chi connectivity index (χ1v) is 11.1. The third-order valence-electron chi connectivity index (χ3n) is 5.36. The number of carbonyl (C=O) groups excluding carboxylic acids is 1. The van der Waals surface area contributed by atoms with E-state index in [1.165, 1.54) is 4.90 Å². The van der Waals surface area contributed by atoms with Gasteiger partial charge in [-0.3, -0.25) is 9.59 Å². The second-order valence-corrected chi connectivity index (χ2v) is 8.45. The van der Waals surface area contributed by atoms with Gasteiger partial charge in [-0.25, -0.2) is 4.98 Å². The number of hydrogen-bond acceptors (Lipinski definition) is 6. The van der Waals surface area contributed by atoms with Crippen LogP contribution in [0, 0.1) is 0 Å². The monoisotopic (exact) mass is 488 g/mol. The Bertz CT molecular complexity index is 1240. The Hall–Kier alpha value is -3.07. The van der Waals surface area contributed by atoms with E-state index in [0.29, 0.717) is 41.9 Å². The average Bonchev–Trinajstić information content (AvgIpc) is 2.83. The van der Waals surface area contributed by atoms with Crippen molar-refractivity contribution >= 4 is 34.8 Å². The quantitative estimate of drug-likeness (QED) is 0.569. The Balaban J connectivity index is 1.67. The minimum absolute atomic E-state index is 0.184. The van der Waals surface area contributed by atoms with Gasteiger partial charge in [-0.05, 0) is 29.8 Å². The standard InChI is InChI=1S/C23H22Cl2N4O4/c1-28(13-14-6-7-16(24)17(25)12-14)23(32)19-20(30)22(31)27-21(26-19)15-4-2-3-5-18(15)29-8-10-33-11-9-29/h2-7,12,30H,8-11,13H2,1H3,(H,26,27,31). The lowest BCUT2D eigenvalue weighted by molar-refractivity contribution is 0.0775. The molecule has 1 aliphatic heterocycles. The Morgan fingerprint density at radius 3 is 2.64 bits per heavy atom. The largest absolute Gasteiger partial charge is 0.501 e. The smallest absolute Gasteiger partial charge is 0.294 e. The van der Waals surface area contributed by atoms with Crippen LogP contribution in [0.3, 0.4) is 0 Å².